The molecule has 1 aliphatic rings. The maximum Gasteiger partial charge on any atom is 0.274 e. The number of carbonyl (C=O) groups excluding carboxylic acids is 2. The van der Waals surface area contributed by atoms with Crippen LogP contribution in [0.15, 0.2) is 18.3 Å². The lowest BCUT2D eigenvalue weighted by Crippen LogP contribution is -2.53. The van der Waals surface area contributed by atoms with Crippen LogP contribution in [0.4, 0.5) is 0 Å². The Morgan fingerprint density at radius 1 is 1.56 bits per heavy atom. The van der Waals surface area contributed by atoms with Gasteiger partial charge in [-0.3, -0.25) is 19.8 Å². The molecule has 1 atom stereocenters. The quantitative estimate of drug-likeness (QED) is 0.680. The number of nitrogens with one attached hydrogen (secondary N) is 3. The molecule has 6 nitrogen and oxygen atoms in total. The Bertz CT molecular complexity index is 416. The van der Waals surface area contributed by atoms with E-state index in [9.17, 15) is 9.59 Å². The van der Waals surface area contributed by atoms with Crippen LogP contribution in [0.3, 0.4) is 0 Å². The van der Waals surface area contributed by atoms with Crippen LogP contribution in [0.1, 0.15) is 17.4 Å². The lowest BCUT2D eigenvalue weighted by Gasteiger charge is -2.33. The van der Waals surface area contributed by atoms with E-state index in [1.54, 1.807) is 18.3 Å². The predicted octanol–water partition coefficient (Wildman–Crippen LogP) is -0.435. The maximum absolute atomic E-state index is 11.8. The first-order chi connectivity index (χ1) is 8.66. The molecule has 1 unspecified atom stereocenters. The summed E-state index contributed by atoms with van der Waals surface area (Å²) < 4.78 is 0. The van der Waals surface area contributed by atoms with Crippen molar-refractivity contribution in [3.05, 3.63) is 24.0 Å². The van der Waals surface area contributed by atoms with E-state index in [-0.39, 0.29) is 18.4 Å². The summed E-state index contributed by atoms with van der Waals surface area (Å²) in [7, 11) is 0. The van der Waals surface area contributed by atoms with Gasteiger partial charge in [0.2, 0.25) is 5.91 Å². The van der Waals surface area contributed by atoms with Gasteiger partial charge < -0.3 is 10.3 Å². The van der Waals surface area contributed by atoms with E-state index in [1.807, 2.05) is 0 Å². The number of hydrogen-bond acceptors (Lipinski definition) is 4. The summed E-state index contributed by atoms with van der Waals surface area (Å²) in [6.45, 7) is 4.90. The van der Waals surface area contributed by atoms with Crippen LogP contribution in [-0.4, -0.2) is 53.9 Å². The van der Waals surface area contributed by atoms with Crippen LogP contribution in [0, 0.1) is 0 Å². The minimum Gasteiger partial charge on any atom is -0.357 e. The van der Waals surface area contributed by atoms with Crippen LogP contribution in [0.25, 0.3) is 0 Å². The largest absolute Gasteiger partial charge is 0.357 e. The van der Waals surface area contributed by atoms with E-state index in [1.165, 1.54) is 0 Å². The molecule has 0 saturated carbocycles. The third kappa shape index (κ3) is 3.18. The van der Waals surface area contributed by atoms with Crippen LogP contribution in [0.5, 0.6) is 0 Å². The standard InChI is InChI=1S/C12H18N4O2/c1-9-7-13-5-6-16(9)8-11(17)15-12(18)10-3-2-4-14-10/h2-4,9,13-14H,5-8H2,1H3,(H,15,17,18). The van der Waals surface area contributed by atoms with Crippen molar-refractivity contribution in [2.45, 2.75) is 13.0 Å². The first-order valence-corrected chi connectivity index (χ1v) is 6.09. The van der Waals surface area contributed by atoms with Crippen molar-refractivity contribution in [2.24, 2.45) is 0 Å². The van der Waals surface area contributed by atoms with E-state index < -0.39 is 0 Å². The van der Waals surface area contributed by atoms with Gasteiger partial charge in [0.05, 0.1) is 6.54 Å². The summed E-state index contributed by atoms with van der Waals surface area (Å²) in [5.74, 6) is -0.642. The Morgan fingerprint density at radius 3 is 3.06 bits per heavy atom. The summed E-state index contributed by atoms with van der Waals surface area (Å²) in [6.07, 6.45) is 1.65. The number of amides is 2. The monoisotopic (exact) mass is 250 g/mol. The molecular weight excluding hydrogens is 232 g/mol. The highest BCUT2D eigenvalue weighted by molar-refractivity contribution is 6.04. The molecular formula is C12H18N4O2. The fourth-order valence-corrected chi connectivity index (χ4v) is 2.01. The maximum atomic E-state index is 11.8. The molecule has 2 rings (SSSR count). The fourth-order valence-electron chi connectivity index (χ4n) is 2.01. The summed E-state index contributed by atoms with van der Waals surface area (Å²) in [4.78, 5) is 28.2. The van der Waals surface area contributed by atoms with Gasteiger partial charge in [0.25, 0.3) is 5.91 Å². The van der Waals surface area contributed by atoms with Gasteiger partial charge in [0, 0.05) is 31.9 Å². The number of rotatable bonds is 3. The number of aromatic amines is 1. The molecule has 0 spiro atoms. The van der Waals surface area contributed by atoms with Crippen molar-refractivity contribution in [1.29, 1.82) is 0 Å². The van der Waals surface area contributed by atoms with Crippen molar-refractivity contribution in [3.8, 4) is 0 Å². The van der Waals surface area contributed by atoms with Gasteiger partial charge in [-0.2, -0.15) is 0 Å². The molecule has 0 bridgehead atoms. The molecule has 2 heterocycles. The highest BCUT2D eigenvalue weighted by atomic mass is 16.2. The van der Waals surface area contributed by atoms with E-state index in [4.69, 9.17) is 0 Å². The zero-order valence-corrected chi connectivity index (χ0v) is 10.4. The molecule has 1 aromatic rings. The van der Waals surface area contributed by atoms with Crippen molar-refractivity contribution >= 4 is 11.8 Å². The van der Waals surface area contributed by atoms with Crippen LogP contribution < -0.4 is 10.6 Å². The summed E-state index contributed by atoms with van der Waals surface area (Å²) in [6, 6.07) is 3.67. The predicted molar refractivity (Wildman–Crippen MR) is 67.2 cm³/mol. The molecule has 3 N–H and O–H groups in total. The molecule has 18 heavy (non-hydrogen) atoms. The Morgan fingerprint density at radius 2 is 2.39 bits per heavy atom. The van der Waals surface area contributed by atoms with Gasteiger partial charge in [-0.1, -0.05) is 0 Å². The first kappa shape index (κ1) is 12.8. The van der Waals surface area contributed by atoms with Gasteiger partial charge in [0.15, 0.2) is 0 Å². The normalized spacial score (nSPS) is 20.6. The molecule has 6 heteroatoms. The Hall–Kier alpha value is -1.66. The average Bonchev–Trinajstić information content (AvgIpc) is 2.85. The number of hydrogen-bond donors (Lipinski definition) is 3. The molecule has 1 aromatic heterocycles. The molecule has 2 amide bonds. The topological polar surface area (TPSA) is 77.2 Å². The second-order valence-electron chi connectivity index (χ2n) is 4.48. The van der Waals surface area contributed by atoms with Gasteiger partial charge in [-0.25, -0.2) is 0 Å². The second-order valence-corrected chi connectivity index (χ2v) is 4.48. The first-order valence-electron chi connectivity index (χ1n) is 6.09. The third-order valence-electron chi connectivity index (χ3n) is 3.08. The summed E-state index contributed by atoms with van der Waals surface area (Å²) >= 11 is 0. The molecule has 0 aromatic carbocycles. The number of aromatic nitrogens is 1. The minimum absolute atomic E-state index is 0.259. The van der Waals surface area contributed by atoms with Gasteiger partial charge >= 0.3 is 0 Å². The molecule has 98 valence electrons. The van der Waals surface area contributed by atoms with Gasteiger partial charge in [-0.05, 0) is 19.1 Å². The Balaban J connectivity index is 1.83. The highest BCUT2D eigenvalue weighted by Crippen LogP contribution is 2.01. The summed E-state index contributed by atoms with van der Waals surface area (Å²) in [5, 5.41) is 5.63. The number of carbonyl (C=O) groups is 2. The van der Waals surface area contributed by atoms with Crippen molar-refractivity contribution < 1.29 is 9.59 Å². The van der Waals surface area contributed by atoms with Crippen LogP contribution in [0.2, 0.25) is 0 Å². The van der Waals surface area contributed by atoms with E-state index in [0.29, 0.717) is 11.7 Å². The van der Waals surface area contributed by atoms with Gasteiger partial charge in [0.1, 0.15) is 5.69 Å². The molecule has 0 radical (unpaired) electrons. The zero-order chi connectivity index (χ0) is 13.0. The smallest absolute Gasteiger partial charge is 0.274 e. The van der Waals surface area contributed by atoms with E-state index in [2.05, 4.69) is 27.4 Å². The van der Waals surface area contributed by atoms with E-state index >= 15 is 0 Å². The van der Waals surface area contributed by atoms with Gasteiger partial charge in [-0.15, -0.1) is 0 Å². The lowest BCUT2D eigenvalue weighted by atomic mass is 10.2. The molecule has 0 aliphatic carbocycles. The molecule has 1 aliphatic heterocycles. The van der Waals surface area contributed by atoms with E-state index in [0.717, 1.165) is 19.6 Å². The molecule has 1 saturated heterocycles. The third-order valence-corrected chi connectivity index (χ3v) is 3.08. The highest BCUT2D eigenvalue weighted by Gasteiger charge is 2.21. The number of nitrogens with zero attached hydrogens (tertiary/aromatic N) is 1. The minimum atomic E-state index is -0.382. The number of imide groups is 1. The summed E-state index contributed by atoms with van der Waals surface area (Å²) in [5.41, 5.74) is 0.400. The Labute approximate surface area is 106 Å². The SMILES string of the molecule is CC1CNCCN1CC(=O)NC(=O)c1ccc[nH]1. The van der Waals surface area contributed by atoms with Crippen molar-refractivity contribution in [1.82, 2.24) is 20.5 Å². The van der Waals surface area contributed by atoms with Crippen LogP contribution in [-0.2, 0) is 4.79 Å². The zero-order valence-electron chi connectivity index (χ0n) is 10.4. The van der Waals surface area contributed by atoms with Crippen LogP contribution >= 0.6 is 0 Å². The fraction of sp³-hybridized carbons (Fsp3) is 0.500. The van der Waals surface area contributed by atoms with Crippen molar-refractivity contribution in [3.63, 3.8) is 0 Å². The average molecular weight is 250 g/mol. The number of piperazine rings is 1. The Kier molecular flexibility index (Phi) is 4.11. The molecule has 1 fully saturated rings. The lowest BCUT2D eigenvalue weighted by molar-refractivity contribution is -0.122. The number of H-pyrrole nitrogens is 1. The second kappa shape index (κ2) is 5.79. The van der Waals surface area contributed by atoms with Crippen molar-refractivity contribution in [2.75, 3.05) is 26.2 Å².